The predicted molar refractivity (Wildman–Crippen MR) is 61.7 cm³/mol. The average Bonchev–Trinajstić information content (AvgIpc) is 2.27. The highest BCUT2D eigenvalue weighted by atomic mass is 32.2. The first-order chi connectivity index (χ1) is 7.26. The van der Waals surface area contributed by atoms with Gasteiger partial charge in [-0.1, -0.05) is 18.9 Å². The number of hydrogen-bond donors (Lipinski definition) is 0. The molecule has 0 fully saturated rings. The van der Waals surface area contributed by atoms with Gasteiger partial charge in [0.15, 0.2) is 0 Å². The van der Waals surface area contributed by atoms with Crippen LogP contribution in [-0.4, -0.2) is 18.8 Å². The summed E-state index contributed by atoms with van der Waals surface area (Å²) in [6.07, 6.45) is 0. The van der Waals surface area contributed by atoms with Crippen molar-refractivity contribution < 1.29 is 9.53 Å². The minimum absolute atomic E-state index is 0.511. The molecule has 0 bridgehead atoms. The van der Waals surface area contributed by atoms with Crippen LogP contribution in [0.5, 0.6) is 0 Å². The van der Waals surface area contributed by atoms with Crippen molar-refractivity contribution in [1.29, 1.82) is 0 Å². The number of esters is 1. The summed E-state index contributed by atoms with van der Waals surface area (Å²) in [5.74, 6) is 5.66. The van der Waals surface area contributed by atoms with E-state index in [0.717, 1.165) is 16.2 Å². The highest BCUT2D eigenvalue weighted by molar-refractivity contribution is 7.99. The van der Waals surface area contributed by atoms with E-state index in [-0.39, 0.29) is 0 Å². The van der Waals surface area contributed by atoms with Crippen LogP contribution in [0.1, 0.15) is 12.5 Å². The maximum Gasteiger partial charge on any atom is 0.384 e. The molecule has 2 nitrogen and oxygen atoms in total. The van der Waals surface area contributed by atoms with Crippen LogP contribution in [0.15, 0.2) is 29.2 Å². The highest BCUT2D eigenvalue weighted by Gasteiger charge is 1.94. The lowest BCUT2D eigenvalue weighted by atomic mass is 10.2. The quantitative estimate of drug-likeness (QED) is 0.434. The number of hydrogen-bond acceptors (Lipinski definition) is 3. The largest absolute Gasteiger partial charge is 0.459 e. The summed E-state index contributed by atoms with van der Waals surface area (Å²) >= 11 is 1.75. The average molecular weight is 220 g/mol. The normalized spacial score (nSPS) is 8.93. The van der Waals surface area contributed by atoms with E-state index in [0.29, 0.717) is 0 Å². The summed E-state index contributed by atoms with van der Waals surface area (Å²) in [7, 11) is 1.32. The van der Waals surface area contributed by atoms with Gasteiger partial charge in [0.1, 0.15) is 0 Å². The molecule has 0 aromatic heterocycles. The molecule has 0 N–H and O–H groups in total. The highest BCUT2D eigenvalue weighted by Crippen LogP contribution is 2.17. The monoisotopic (exact) mass is 220 g/mol. The molecule has 0 saturated carbocycles. The van der Waals surface area contributed by atoms with Crippen molar-refractivity contribution in [2.75, 3.05) is 12.9 Å². The molecule has 0 radical (unpaired) electrons. The third-order valence-corrected chi connectivity index (χ3v) is 2.52. The summed E-state index contributed by atoms with van der Waals surface area (Å²) < 4.78 is 4.43. The molecule has 3 heteroatoms. The Hall–Kier alpha value is -1.40. The molecule has 0 aliphatic heterocycles. The lowest BCUT2D eigenvalue weighted by Crippen LogP contribution is -1.94. The fraction of sp³-hybridized carbons (Fsp3) is 0.250. The first-order valence-electron chi connectivity index (χ1n) is 4.59. The van der Waals surface area contributed by atoms with Gasteiger partial charge in [-0.25, -0.2) is 4.79 Å². The molecule has 0 heterocycles. The number of methoxy groups -OCH3 is 1. The third-order valence-electron chi connectivity index (χ3n) is 1.64. The number of benzene rings is 1. The Kier molecular flexibility index (Phi) is 4.79. The fourth-order valence-corrected chi connectivity index (χ4v) is 1.72. The van der Waals surface area contributed by atoms with Crippen LogP contribution in [0.4, 0.5) is 0 Å². The Bertz CT molecular complexity index is 402. The lowest BCUT2D eigenvalue weighted by molar-refractivity contribution is -0.133. The van der Waals surface area contributed by atoms with Gasteiger partial charge in [0, 0.05) is 16.4 Å². The summed E-state index contributed by atoms with van der Waals surface area (Å²) in [5, 5.41) is 0. The minimum atomic E-state index is -0.511. The van der Waals surface area contributed by atoms with Gasteiger partial charge in [-0.05, 0) is 24.0 Å². The SMILES string of the molecule is CCSc1cccc(C#CC(=O)OC)c1. The summed E-state index contributed by atoms with van der Waals surface area (Å²) in [6.45, 7) is 2.09. The molecule has 0 saturated heterocycles. The Morgan fingerprint density at radius 3 is 3.00 bits per heavy atom. The van der Waals surface area contributed by atoms with E-state index in [1.54, 1.807) is 11.8 Å². The maximum atomic E-state index is 10.8. The van der Waals surface area contributed by atoms with Gasteiger partial charge < -0.3 is 4.74 Å². The van der Waals surface area contributed by atoms with Crippen LogP contribution in [-0.2, 0) is 9.53 Å². The Morgan fingerprint density at radius 2 is 2.33 bits per heavy atom. The number of rotatable bonds is 2. The van der Waals surface area contributed by atoms with E-state index >= 15 is 0 Å². The lowest BCUT2D eigenvalue weighted by Gasteiger charge is -1.97. The van der Waals surface area contributed by atoms with Crippen LogP contribution in [0, 0.1) is 11.8 Å². The smallest absolute Gasteiger partial charge is 0.384 e. The molecule has 78 valence electrons. The van der Waals surface area contributed by atoms with Crippen molar-refractivity contribution in [3.8, 4) is 11.8 Å². The van der Waals surface area contributed by atoms with Crippen molar-refractivity contribution in [2.24, 2.45) is 0 Å². The summed E-state index contributed by atoms with van der Waals surface area (Å²) in [6, 6.07) is 7.79. The Balaban J connectivity index is 2.80. The van der Waals surface area contributed by atoms with Crippen LogP contribution in [0.3, 0.4) is 0 Å². The Labute approximate surface area is 94.0 Å². The third kappa shape index (κ3) is 4.09. The molecule has 0 atom stereocenters. The predicted octanol–water partition coefficient (Wildman–Crippen LogP) is 2.32. The van der Waals surface area contributed by atoms with Crippen molar-refractivity contribution >= 4 is 17.7 Å². The molecule has 1 aromatic carbocycles. The molecular formula is C12H12O2S. The molecule has 15 heavy (non-hydrogen) atoms. The zero-order valence-electron chi connectivity index (χ0n) is 8.74. The van der Waals surface area contributed by atoms with Crippen molar-refractivity contribution in [2.45, 2.75) is 11.8 Å². The second-order valence-electron chi connectivity index (χ2n) is 2.70. The van der Waals surface area contributed by atoms with E-state index < -0.39 is 5.97 Å². The molecule has 0 unspecified atom stereocenters. The van der Waals surface area contributed by atoms with Gasteiger partial charge in [0.25, 0.3) is 0 Å². The van der Waals surface area contributed by atoms with Crippen molar-refractivity contribution in [1.82, 2.24) is 0 Å². The second-order valence-corrected chi connectivity index (χ2v) is 4.04. The van der Waals surface area contributed by atoms with E-state index in [1.807, 2.05) is 24.3 Å². The molecule has 0 aliphatic carbocycles. The van der Waals surface area contributed by atoms with Crippen molar-refractivity contribution in [3.63, 3.8) is 0 Å². The zero-order valence-corrected chi connectivity index (χ0v) is 9.56. The van der Waals surface area contributed by atoms with Gasteiger partial charge in [-0.15, -0.1) is 11.8 Å². The van der Waals surface area contributed by atoms with Crippen LogP contribution >= 0.6 is 11.8 Å². The van der Waals surface area contributed by atoms with Gasteiger partial charge in [0.05, 0.1) is 7.11 Å². The van der Waals surface area contributed by atoms with E-state index in [9.17, 15) is 4.79 Å². The van der Waals surface area contributed by atoms with Gasteiger partial charge in [-0.3, -0.25) is 0 Å². The van der Waals surface area contributed by atoms with Crippen LogP contribution in [0.25, 0.3) is 0 Å². The molecule has 1 rings (SSSR count). The van der Waals surface area contributed by atoms with Gasteiger partial charge >= 0.3 is 5.97 Å². The first-order valence-corrected chi connectivity index (χ1v) is 5.57. The number of carbonyl (C=O) groups is 1. The van der Waals surface area contributed by atoms with Crippen LogP contribution in [0.2, 0.25) is 0 Å². The van der Waals surface area contributed by atoms with Gasteiger partial charge in [0.2, 0.25) is 0 Å². The van der Waals surface area contributed by atoms with E-state index in [2.05, 4.69) is 23.5 Å². The number of ether oxygens (including phenoxy) is 1. The topological polar surface area (TPSA) is 26.3 Å². The molecule has 0 aliphatic rings. The molecule has 1 aromatic rings. The van der Waals surface area contributed by atoms with Gasteiger partial charge in [-0.2, -0.15) is 0 Å². The Morgan fingerprint density at radius 1 is 1.53 bits per heavy atom. The second kappa shape index (κ2) is 6.15. The van der Waals surface area contributed by atoms with E-state index in [1.165, 1.54) is 7.11 Å². The standard InChI is InChI=1S/C12H12O2S/c1-3-15-11-6-4-5-10(9-11)7-8-12(13)14-2/h4-6,9H,3H2,1-2H3. The zero-order chi connectivity index (χ0) is 11.1. The first kappa shape index (κ1) is 11.7. The molecule has 0 spiro atoms. The summed E-state index contributed by atoms with van der Waals surface area (Å²) in [4.78, 5) is 12.0. The maximum absolute atomic E-state index is 10.8. The minimum Gasteiger partial charge on any atom is -0.459 e. The number of thioether (sulfide) groups is 1. The fourth-order valence-electron chi connectivity index (χ4n) is 1.00. The summed E-state index contributed by atoms with van der Waals surface area (Å²) in [5.41, 5.74) is 0.832. The van der Waals surface area contributed by atoms with Crippen LogP contribution < -0.4 is 0 Å². The van der Waals surface area contributed by atoms with E-state index in [4.69, 9.17) is 0 Å². The van der Waals surface area contributed by atoms with Crippen molar-refractivity contribution in [3.05, 3.63) is 29.8 Å². The molecular weight excluding hydrogens is 208 g/mol. The number of carbonyl (C=O) groups excluding carboxylic acids is 1. The molecule has 0 amide bonds.